The zero-order valence-corrected chi connectivity index (χ0v) is 14.8. The van der Waals surface area contributed by atoms with E-state index in [-0.39, 0.29) is 18.0 Å². The minimum atomic E-state index is -1.37. The molecule has 0 saturated heterocycles. The molecule has 2 aromatic rings. The predicted octanol–water partition coefficient (Wildman–Crippen LogP) is 2.72. The van der Waals surface area contributed by atoms with E-state index in [2.05, 4.69) is 0 Å². The third-order valence-electron chi connectivity index (χ3n) is 4.05. The normalized spacial score (nSPS) is 12.7. The molecule has 2 N–H and O–H groups in total. The Balaban J connectivity index is 2.03. The molecule has 0 amide bonds. The Morgan fingerprint density at radius 2 is 1.36 bits per heavy atom. The summed E-state index contributed by atoms with van der Waals surface area (Å²) in [4.78, 5) is 23.6. The first-order valence-corrected chi connectivity index (χ1v) is 8.31. The molecule has 0 aliphatic carbocycles. The van der Waals surface area contributed by atoms with Crippen LogP contribution in [0.25, 0.3) is 0 Å². The number of aliphatic hydroxyl groups excluding tert-OH is 1. The lowest BCUT2D eigenvalue weighted by Crippen LogP contribution is -2.31. The van der Waals surface area contributed by atoms with Crippen molar-refractivity contribution in [3.05, 3.63) is 70.8 Å². The lowest BCUT2D eigenvalue weighted by molar-refractivity contribution is -0.125. The van der Waals surface area contributed by atoms with E-state index in [0.717, 1.165) is 16.7 Å². The molecule has 1 unspecified atom stereocenters. The molecule has 4 nitrogen and oxygen atoms in total. The number of carbonyl (C=O) groups is 2. The van der Waals surface area contributed by atoms with E-state index >= 15 is 0 Å². The molecule has 4 heteroatoms. The fourth-order valence-electron chi connectivity index (χ4n) is 2.49. The van der Waals surface area contributed by atoms with E-state index in [4.69, 9.17) is 0 Å². The number of hydrogen-bond donors (Lipinski definition) is 2. The lowest BCUT2D eigenvalue weighted by atomic mass is 9.95. The second-order valence-electron chi connectivity index (χ2n) is 6.90. The highest BCUT2D eigenvalue weighted by Gasteiger charge is 2.24. The van der Waals surface area contributed by atoms with Gasteiger partial charge < -0.3 is 10.2 Å². The smallest absolute Gasteiger partial charge is 0.193 e. The Hall–Kier alpha value is -2.30. The molecule has 2 aromatic carbocycles. The van der Waals surface area contributed by atoms with E-state index in [0.29, 0.717) is 12.0 Å². The van der Waals surface area contributed by atoms with Crippen LogP contribution in [0.4, 0.5) is 0 Å². The van der Waals surface area contributed by atoms with Crippen LogP contribution in [0.1, 0.15) is 47.8 Å². The molecule has 0 radical (unpaired) electrons. The molecule has 0 heterocycles. The van der Waals surface area contributed by atoms with E-state index in [1.807, 2.05) is 36.4 Å². The summed E-state index contributed by atoms with van der Waals surface area (Å²) in [5, 5.41) is 19.0. The van der Waals surface area contributed by atoms with Gasteiger partial charge in [-0.2, -0.15) is 0 Å². The number of benzene rings is 2. The highest BCUT2D eigenvalue weighted by atomic mass is 16.3. The highest BCUT2D eigenvalue weighted by molar-refractivity contribution is 6.01. The quantitative estimate of drug-likeness (QED) is 0.760. The standard InChI is InChI=1S/C21H24O4/c1-14(22)19(23)13-17-6-4-15(5-7-17)12-16-8-10-18(11-9-16)20(24)21(2,3)25/h4-11,14,22,25H,12-13H2,1-3H3. The maximum Gasteiger partial charge on any atom is 0.193 e. The number of hydrogen-bond acceptors (Lipinski definition) is 4. The summed E-state index contributed by atoms with van der Waals surface area (Å²) in [5.41, 5.74) is 2.14. The maximum absolute atomic E-state index is 12.0. The largest absolute Gasteiger partial charge is 0.386 e. The molecule has 2 rings (SSSR count). The molecule has 0 aliphatic heterocycles. The van der Waals surface area contributed by atoms with E-state index < -0.39 is 11.7 Å². The number of rotatable bonds is 7. The second kappa shape index (κ2) is 7.72. The first-order valence-electron chi connectivity index (χ1n) is 8.31. The Bertz CT molecular complexity index is 735. The maximum atomic E-state index is 12.0. The van der Waals surface area contributed by atoms with Gasteiger partial charge >= 0.3 is 0 Å². The van der Waals surface area contributed by atoms with Gasteiger partial charge in [0.2, 0.25) is 0 Å². The molecule has 0 bridgehead atoms. The molecule has 0 aromatic heterocycles. The molecule has 0 saturated carbocycles. The number of Topliss-reactive ketones (excluding diaryl/α,β-unsaturated/α-hetero) is 2. The van der Waals surface area contributed by atoms with Crippen molar-refractivity contribution >= 4 is 11.6 Å². The van der Waals surface area contributed by atoms with Gasteiger partial charge in [0.05, 0.1) is 0 Å². The minimum Gasteiger partial charge on any atom is -0.386 e. The molecular weight excluding hydrogens is 316 g/mol. The lowest BCUT2D eigenvalue weighted by Gasteiger charge is -2.15. The van der Waals surface area contributed by atoms with Gasteiger partial charge in [-0.15, -0.1) is 0 Å². The molecule has 0 spiro atoms. The second-order valence-corrected chi connectivity index (χ2v) is 6.90. The Morgan fingerprint density at radius 1 is 0.920 bits per heavy atom. The Labute approximate surface area is 148 Å². The van der Waals surface area contributed by atoms with Gasteiger partial charge in [-0.05, 0) is 43.9 Å². The highest BCUT2D eigenvalue weighted by Crippen LogP contribution is 2.16. The SMILES string of the molecule is CC(O)C(=O)Cc1ccc(Cc2ccc(C(=O)C(C)(C)O)cc2)cc1. The summed E-state index contributed by atoms with van der Waals surface area (Å²) in [6.45, 7) is 4.43. The first-order chi connectivity index (χ1) is 11.7. The van der Waals surface area contributed by atoms with Gasteiger partial charge in [0.1, 0.15) is 11.7 Å². The van der Waals surface area contributed by atoms with Gasteiger partial charge in [-0.1, -0.05) is 48.5 Å². The van der Waals surface area contributed by atoms with Crippen molar-refractivity contribution in [1.29, 1.82) is 0 Å². The summed E-state index contributed by atoms with van der Waals surface area (Å²) in [5.74, 6) is -0.494. The van der Waals surface area contributed by atoms with Gasteiger partial charge in [0, 0.05) is 12.0 Å². The summed E-state index contributed by atoms with van der Waals surface area (Å²) in [6, 6.07) is 14.9. The van der Waals surface area contributed by atoms with Crippen LogP contribution in [0.2, 0.25) is 0 Å². The average molecular weight is 340 g/mol. The van der Waals surface area contributed by atoms with Crippen molar-refractivity contribution < 1.29 is 19.8 Å². The van der Waals surface area contributed by atoms with Crippen LogP contribution in [-0.2, 0) is 17.6 Å². The fraction of sp³-hybridized carbons (Fsp3) is 0.333. The number of carbonyl (C=O) groups excluding carboxylic acids is 2. The van der Waals surface area contributed by atoms with Gasteiger partial charge in [0.15, 0.2) is 11.6 Å². The van der Waals surface area contributed by atoms with Gasteiger partial charge in [-0.25, -0.2) is 0 Å². The van der Waals surface area contributed by atoms with Gasteiger partial charge in [-0.3, -0.25) is 9.59 Å². The van der Waals surface area contributed by atoms with Crippen molar-refractivity contribution in [2.75, 3.05) is 0 Å². The van der Waals surface area contributed by atoms with Crippen molar-refractivity contribution in [2.24, 2.45) is 0 Å². The summed E-state index contributed by atoms with van der Waals surface area (Å²) in [7, 11) is 0. The van der Waals surface area contributed by atoms with E-state index in [1.165, 1.54) is 20.8 Å². The molecule has 25 heavy (non-hydrogen) atoms. The number of aliphatic hydroxyl groups is 2. The number of ketones is 2. The third kappa shape index (κ3) is 5.34. The van der Waals surface area contributed by atoms with Crippen LogP contribution in [-0.4, -0.2) is 33.5 Å². The van der Waals surface area contributed by atoms with Crippen LogP contribution >= 0.6 is 0 Å². The van der Waals surface area contributed by atoms with Crippen molar-refractivity contribution in [1.82, 2.24) is 0 Å². The Kier molecular flexibility index (Phi) is 5.88. The van der Waals surface area contributed by atoms with E-state index in [1.54, 1.807) is 12.1 Å². The topological polar surface area (TPSA) is 74.6 Å². The zero-order valence-electron chi connectivity index (χ0n) is 14.8. The average Bonchev–Trinajstić information content (AvgIpc) is 2.55. The van der Waals surface area contributed by atoms with Crippen molar-refractivity contribution in [3.8, 4) is 0 Å². The monoisotopic (exact) mass is 340 g/mol. The van der Waals surface area contributed by atoms with E-state index in [9.17, 15) is 19.8 Å². The van der Waals surface area contributed by atoms with Crippen LogP contribution in [0, 0.1) is 0 Å². The summed E-state index contributed by atoms with van der Waals surface area (Å²) in [6.07, 6.45) is -0.00218. The fourth-order valence-corrected chi connectivity index (χ4v) is 2.49. The summed E-state index contributed by atoms with van der Waals surface area (Å²) < 4.78 is 0. The summed E-state index contributed by atoms with van der Waals surface area (Å²) >= 11 is 0. The van der Waals surface area contributed by atoms with Crippen LogP contribution in [0.3, 0.4) is 0 Å². The minimum absolute atomic E-state index is 0.195. The first kappa shape index (κ1) is 19.0. The van der Waals surface area contributed by atoms with Gasteiger partial charge in [0.25, 0.3) is 0 Å². The zero-order chi connectivity index (χ0) is 18.6. The molecule has 132 valence electrons. The van der Waals surface area contributed by atoms with Crippen molar-refractivity contribution in [3.63, 3.8) is 0 Å². The predicted molar refractivity (Wildman–Crippen MR) is 96.7 cm³/mol. The Morgan fingerprint density at radius 3 is 1.80 bits per heavy atom. The molecule has 0 aliphatic rings. The van der Waals surface area contributed by atoms with Crippen LogP contribution in [0.15, 0.2) is 48.5 Å². The molecule has 0 fully saturated rings. The van der Waals surface area contributed by atoms with Crippen LogP contribution < -0.4 is 0 Å². The molecular formula is C21H24O4. The third-order valence-corrected chi connectivity index (χ3v) is 4.05. The van der Waals surface area contributed by atoms with Crippen molar-refractivity contribution in [2.45, 2.75) is 45.3 Å². The van der Waals surface area contributed by atoms with Crippen LogP contribution in [0.5, 0.6) is 0 Å². The molecule has 1 atom stereocenters.